The number of H-pyrrole nitrogens is 2. The Labute approximate surface area is 220 Å². The summed E-state index contributed by atoms with van der Waals surface area (Å²) in [6.07, 6.45) is 16.5. The summed E-state index contributed by atoms with van der Waals surface area (Å²) in [4.78, 5) is 21.5. The average molecular weight is 501 g/mol. The lowest BCUT2D eigenvalue weighted by molar-refractivity contribution is 0.489. The van der Waals surface area contributed by atoms with Crippen LogP contribution >= 0.6 is 0 Å². The topological polar surface area (TPSA) is 108 Å². The van der Waals surface area contributed by atoms with Crippen LogP contribution in [0.25, 0.3) is 55.7 Å². The van der Waals surface area contributed by atoms with Crippen molar-refractivity contribution in [2.24, 2.45) is 5.92 Å². The largest absolute Gasteiger partial charge is 0.335 e. The van der Waals surface area contributed by atoms with Crippen molar-refractivity contribution in [2.75, 3.05) is 6.54 Å². The first-order chi connectivity index (χ1) is 18.8. The van der Waals surface area contributed by atoms with Crippen LogP contribution in [0.5, 0.6) is 0 Å². The fourth-order valence-electron chi connectivity index (χ4n) is 5.54. The SMILES string of the molecule is c1cc(-c2cncc3[nH]c(-c4n[nH]c5ccc(-c6cncc(CNCC7CCCC7)c6)cc45)nc23)ccn1. The molecule has 3 N–H and O–H groups in total. The zero-order valence-corrected chi connectivity index (χ0v) is 21.0. The van der Waals surface area contributed by atoms with Crippen LogP contribution in [0.15, 0.2) is 73.6 Å². The highest BCUT2D eigenvalue weighted by molar-refractivity contribution is 5.98. The molecule has 1 aliphatic carbocycles. The number of nitrogens with zero attached hydrogens (tertiary/aromatic N) is 5. The third kappa shape index (κ3) is 4.33. The smallest absolute Gasteiger partial charge is 0.159 e. The van der Waals surface area contributed by atoms with Crippen molar-refractivity contribution in [3.8, 4) is 33.8 Å². The van der Waals surface area contributed by atoms with Gasteiger partial charge in [0.2, 0.25) is 0 Å². The first-order valence-electron chi connectivity index (χ1n) is 13.2. The molecule has 1 aliphatic rings. The van der Waals surface area contributed by atoms with E-state index in [0.717, 1.165) is 68.9 Å². The molecule has 0 atom stereocenters. The number of rotatable bonds is 7. The summed E-state index contributed by atoms with van der Waals surface area (Å²) in [6, 6.07) is 12.5. The third-order valence-electron chi connectivity index (χ3n) is 7.54. The van der Waals surface area contributed by atoms with Crippen LogP contribution in [0.2, 0.25) is 0 Å². The molecular weight excluding hydrogens is 472 g/mol. The second kappa shape index (κ2) is 9.79. The number of pyridine rings is 3. The van der Waals surface area contributed by atoms with Gasteiger partial charge in [0, 0.05) is 54.0 Å². The number of hydrogen-bond donors (Lipinski definition) is 3. The lowest BCUT2D eigenvalue weighted by Crippen LogP contribution is -2.20. The monoisotopic (exact) mass is 500 g/mol. The lowest BCUT2D eigenvalue weighted by atomic mass is 10.0. The molecule has 5 heterocycles. The van der Waals surface area contributed by atoms with Gasteiger partial charge < -0.3 is 10.3 Å². The fourth-order valence-corrected chi connectivity index (χ4v) is 5.54. The Morgan fingerprint density at radius 1 is 0.816 bits per heavy atom. The highest BCUT2D eigenvalue weighted by atomic mass is 15.1. The molecule has 8 nitrogen and oxygen atoms in total. The number of hydrogen-bond acceptors (Lipinski definition) is 6. The van der Waals surface area contributed by atoms with E-state index < -0.39 is 0 Å². The van der Waals surface area contributed by atoms with E-state index in [1.807, 2.05) is 30.7 Å². The molecule has 5 aromatic heterocycles. The van der Waals surface area contributed by atoms with E-state index in [4.69, 9.17) is 4.98 Å². The van der Waals surface area contributed by atoms with E-state index in [0.29, 0.717) is 5.82 Å². The Bertz CT molecular complexity index is 1710. The van der Waals surface area contributed by atoms with Gasteiger partial charge in [0.15, 0.2) is 5.82 Å². The number of fused-ring (bicyclic) bond motifs is 2. The summed E-state index contributed by atoms with van der Waals surface area (Å²) >= 11 is 0. The Balaban J connectivity index is 1.20. The zero-order chi connectivity index (χ0) is 25.3. The molecule has 38 heavy (non-hydrogen) atoms. The first-order valence-corrected chi connectivity index (χ1v) is 13.2. The van der Waals surface area contributed by atoms with Crippen LogP contribution in [0.4, 0.5) is 0 Å². The van der Waals surface area contributed by atoms with Crippen LogP contribution in [-0.4, -0.2) is 41.7 Å². The third-order valence-corrected chi connectivity index (χ3v) is 7.54. The summed E-state index contributed by atoms with van der Waals surface area (Å²) in [7, 11) is 0. The van der Waals surface area contributed by atoms with Gasteiger partial charge >= 0.3 is 0 Å². The van der Waals surface area contributed by atoms with Crippen LogP contribution in [0.3, 0.4) is 0 Å². The van der Waals surface area contributed by atoms with Crippen molar-refractivity contribution in [3.63, 3.8) is 0 Å². The number of aromatic amines is 2. The molecule has 0 amide bonds. The van der Waals surface area contributed by atoms with Gasteiger partial charge in [0.05, 0.1) is 22.7 Å². The molecule has 188 valence electrons. The predicted octanol–water partition coefficient (Wildman–Crippen LogP) is 5.91. The molecule has 1 saturated carbocycles. The normalized spacial score (nSPS) is 14.1. The average Bonchev–Trinajstić information content (AvgIpc) is 3.73. The van der Waals surface area contributed by atoms with Crippen molar-refractivity contribution < 1.29 is 0 Å². The Morgan fingerprint density at radius 2 is 1.68 bits per heavy atom. The molecular formula is C30H28N8. The molecule has 7 rings (SSSR count). The van der Waals surface area contributed by atoms with Gasteiger partial charge in [-0.2, -0.15) is 5.10 Å². The second-order valence-electron chi connectivity index (χ2n) is 10.1. The van der Waals surface area contributed by atoms with Crippen molar-refractivity contribution in [1.29, 1.82) is 0 Å². The molecule has 1 fully saturated rings. The van der Waals surface area contributed by atoms with Gasteiger partial charge in [-0.15, -0.1) is 0 Å². The maximum absolute atomic E-state index is 4.95. The Morgan fingerprint density at radius 3 is 2.58 bits per heavy atom. The Kier molecular flexibility index (Phi) is 5.86. The summed E-state index contributed by atoms with van der Waals surface area (Å²) in [5, 5.41) is 12.4. The number of aromatic nitrogens is 7. The van der Waals surface area contributed by atoms with E-state index in [1.54, 1.807) is 18.6 Å². The van der Waals surface area contributed by atoms with Crippen molar-refractivity contribution in [3.05, 3.63) is 79.1 Å². The molecule has 0 radical (unpaired) electrons. The first kappa shape index (κ1) is 22.7. The van der Waals surface area contributed by atoms with Crippen molar-refractivity contribution in [2.45, 2.75) is 32.2 Å². The highest BCUT2D eigenvalue weighted by Gasteiger charge is 2.17. The van der Waals surface area contributed by atoms with E-state index in [9.17, 15) is 0 Å². The number of benzene rings is 1. The van der Waals surface area contributed by atoms with Gasteiger partial charge in [-0.25, -0.2) is 4.98 Å². The quantitative estimate of drug-likeness (QED) is 0.252. The minimum atomic E-state index is 0.703. The molecule has 6 aromatic rings. The van der Waals surface area contributed by atoms with E-state index in [1.165, 1.54) is 31.2 Å². The van der Waals surface area contributed by atoms with Crippen LogP contribution < -0.4 is 5.32 Å². The molecule has 0 aliphatic heterocycles. The summed E-state index contributed by atoms with van der Waals surface area (Å²) < 4.78 is 0. The van der Waals surface area contributed by atoms with Gasteiger partial charge in [-0.1, -0.05) is 18.9 Å². The van der Waals surface area contributed by atoms with Crippen LogP contribution in [0, 0.1) is 5.92 Å². The summed E-state index contributed by atoms with van der Waals surface area (Å²) in [5.74, 6) is 1.53. The maximum atomic E-state index is 4.95. The van der Waals surface area contributed by atoms with Crippen molar-refractivity contribution >= 4 is 21.9 Å². The fraction of sp³-hybridized carbons (Fsp3) is 0.233. The molecule has 1 aromatic carbocycles. The number of imidazole rings is 1. The van der Waals surface area contributed by atoms with Gasteiger partial charge in [-0.3, -0.25) is 20.1 Å². The molecule has 0 spiro atoms. The van der Waals surface area contributed by atoms with Gasteiger partial charge in [-0.05, 0) is 72.3 Å². The van der Waals surface area contributed by atoms with Crippen LogP contribution in [-0.2, 0) is 6.54 Å². The molecule has 0 bridgehead atoms. The zero-order valence-electron chi connectivity index (χ0n) is 21.0. The molecule has 0 unspecified atom stereocenters. The molecule has 0 saturated heterocycles. The maximum Gasteiger partial charge on any atom is 0.159 e. The minimum absolute atomic E-state index is 0.703. The van der Waals surface area contributed by atoms with E-state index in [-0.39, 0.29) is 0 Å². The summed E-state index contributed by atoms with van der Waals surface area (Å²) in [5.41, 5.74) is 8.82. The highest BCUT2D eigenvalue weighted by Crippen LogP contribution is 2.32. The van der Waals surface area contributed by atoms with E-state index >= 15 is 0 Å². The second-order valence-corrected chi connectivity index (χ2v) is 10.1. The van der Waals surface area contributed by atoms with Gasteiger partial charge in [0.25, 0.3) is 0 Å². The van der Waals surface area contributed by atoms with Gasteiger partial charge in [0.1, 0.15) is 5.69 Å². The lowest BCUT2D eigenvalue weighted by Gasteiger charge is -2.11. The van der Waals surface area contributed by atoms with Crippen LogP contribution in [0.1, 0.15) is 31.2 Å². The standard InChI is InChI=1S/C30H28N8/c1-2-4-19(3-1)13-32-14-20-11-23(16-33-15-20)22-5-6-26-24(12-22)29(38-37-26)30-35-27-18-34-17-25(28(27)36-30)21-7-9-31-10-8-21/h5-12,15-19,32H,1-4,13-14H2,(H,35,36)(H,37,38). The predicted molar refractivity (Wildman–Crippen MR) is 149 cm³/mol. The number of nitrogens with one attached hydrogen (secondary N) is 3. The van der Waals surface area contributed by atoms with Crippen molar-refractivity contribution in [1.82, 2.24) is 40.4 Å². The summed E-state index contributed by atoms with van der Waals surface area (Å²) in [6.45, 7) is 1.92. The molecule has 8 heteroatoms. The minimum Gasteiger partial charge on any atom is -0.335 e. The Hall–Kier alpha value is -4.43. The van der Waals surface area contributed by atoms with E-state index in [2.05, 4.69) is 59.7 Å².